The van der Waals surface area contributed by atoms with Crippen LogP contribution in [-0.2, 0) is 13.6 Å². The van der Waals surface area contributed by atoms with Gasteiger partial charge in [0.15, 0.2) is 0 Å². The van der Waals surface area contributed by atoms with Crippen molar-refractivity contribution in [2.24, 2.45) is 7.05 Å². The van der Waals surface area contributed by atoms with Crippen molar-refractivity contribution in [3.63, 3.8) is 0 Å². The second-order valence-corrected chi connectivity index (χ2v) is 6.82. The Bertz CT molecular complexity index is 656. The number of ether oxygens (including phenoxy) is 1. The van der Waals surface area contributed by atoms with Crippen molar-refractivity contribution < 1.29 is 4.74 Å². The van der Waals surface area contributed by atoms with Gasteiger partial charge in [0.05, 0.1) is 18.8 Å². The van der Waals surface area contributed by atoms with Crippen LogP contribution in [0.1, 0.15) is 42.1 Å². The summed E-state index contributed by atoms with van der Waals surface area (Å²) in [6.45, 7) is 6.41. The van der Waals surface area contributed by atoms with Crippen LogP contribution in [0.2, 0.25) is 5.15 Å². The fourth-order valence-corrected chi connectivity index (χ4v) is 4.10. The van der Waals surface area contributed by atoms with Crippen LogP contribution in [0.4, 0.5) is 0 Å². The van der Waals surface area contributed by atoms with E-state index in [-0.39, 0.29) is 0 Å². The summed E-state index contributed by atoms with van der Waals surface area (Å²) in [6, 6.07) is 0.306. The van der Waals surface area contributed by atoms with E-state index >= 15 is 0 Å². The molecule has 0 radical (unpaired) electrons. The van der Waals surface area contributed by atoms with Gasteiger partial charge in [-0.25, -0.2) is 0 Å². The van der Waals surface area contributed by atoms with Gasteiger partial charge in [-0.3, -0.25) is 9.58 Å². The molecule has 0 saturated carbocycles. The van der Waals surface area contributed by atoms with Crippen molar-refractivity contribution in [1.29, 1.82) is 0 Å². The van der Waals surface area contributed by atoms with E-state index in [0.29, 0.717) is 17.8 Å². The van der Waals surface area contributed by atoms with Gasteiger partial charge in [-0.05, 0) is 33.2 Å². The van der Waals surface area contributed by atoms with Crippen molar-refractivity contribution in [1.82, 2.24) is 24.9 Å². The molecule has 1 aliphatic heterocycles. The van der Waals surface area contributed by atoms with E-state index in [1.54, 1.807) is 4.68 Å². The van der Waals surface area contributed by atoms with Gasteiger partial charge in [-0.2, -0.15) is 5.10 Å². The molecule has 1 saturated heterocycles. The molecule has 8 heteroatoms. The third-order valence-corrected chi connectivity index (χ3v) is 5.22. The minimum atomic E-state index is 0.306. The van der Waals surface area contributed by atoms with Crippen LogP contribution < -0.4 is 4.74 Å². The van der Waals surface area contributed by atoms with Gasteiger partial charge in [-0.1, -0.05) is 22.9 Å². The molecule has 6 nitrogen and oxygen atoms in total. The molecule has 0 unspecified atom stereocenters. The molecule has 0 N–H and O–H groups in total. The zero-order chi connectivity index (χ0) is 15.7. The molecule has 1 atom stereocenters. The molecule has 2 aromatic rings. The van der Waals surface area contributed by atoms with Gasteiger partial charge in [0.25, 0.3) is 5.19 Å². The predicted octanol–water partition coefficient (Wildman–Crippen LogP) is 2.97. The number of aromatic nitrogens is 4. The molecule has 0 amide bonds. The normalized spacial score (nSPS) is 19.0. The Labute approximate surface area is 139 Å². The third-order valence-electron chi connectivity index (χ3n) is 3.95. The lowest BCUT2D eigenvalue weighted by Crippen LogP contribution is -2.23. The van der Waals surface area contributed by atoms with Crippen LogP contribution in [0.25, 0.3) is 0 Å². The van der Waals surface area contributed by atoms with Gasteiger partial charge in [0, 0.05) is 18.7 Å². The molecule has 3 heterocycles. The van der Waals surface area contributed by atoms with E-state index in [2.05, 4.69) is 20.2 Å². The van der Waals surface area contributed by atoms with Crippen LogP contribution in [0.5, 0.6) is 5.19 Å². The Morgan fingerprint density at radius 1 is 1.41 bits per heavy atom. The summed E-state index contributed by atoms with van der Waals surface area (Å²) in [5, 5.41) is 15.1. The quantitative estimate of drug-likeness (QED) is 0.836. The number of hydrogen-bond acceptors (Lipinski definition) is 6. The van der Waals surface area contributed by atoms with E-state index in [9.17, 15) is 0 Å². The summed E-state index contributed by atoms with van der Waals surface area (Å²) >= 11 is 7.95. The molecule has 22 heavy (non-hydrogen) atoms. The average Bonchev–Trinajstić information content (AvgIpc) is 3.15. The second-order valence-electron chi connectivity index (χ2n) is 5.44. The standard InChI is InChI=1S/C14H20ClN5OS/c1-4-21-14-17-16-11(22-14)8-20-7-5-6-10(20)12-9(2)18-19(3)13(12)15/h10H,4-8H2,1-3H3/t10-/m1/s1. The number of likely N-dealkylation sites (tertiary alicyclic amines) is 1. The van der Waals surface area contributed by atoms with Crippen LogP contribution in [0.3, 0.4) is 0 Å². The number of aryl methyl sites for hydroxylation is 2. The topological polar surface area (TPSA) is 56.1 Å². The zero-order valence-corrected chi connectivity index (χ0v) is 14.6. The van der Waals surface area contributed by atoms with Gasteiger partial charge >= 0.3 is 0 Å². The average molecular weight is 342 g/mol. The monoisotopic (exact) mass is 341 g/mol. The van der Waals surface area contributed by atoms with Gasteiger partial charge in [0.2, 0.25) is 0 Å². The van der Waals surface area contributed by atoms with Crippen molar-refractivity contribution in [3.8, 4) is 5.19 Å². The molecule has 0 bridgehead atoms. The van der Waals surface area contributed by atoms with E-state index in [0.717, 1.165) is 47.3 Å². The smallest absolute Gasteiger partial charge is 0.294 e. The van der Waals surface area contributed by atoms with Crippen LogP contribution in [-0.4, -0.2) is 38.0 Å². The molecular formula is C14H20ClN5OS. The summed E-state index contributed by atoms with van der Waals surface area (Å²) < 4.78 is 7.15. The van der Waals surface area contributed by atoms with Gasteiger partial charge in [-0.15, -0.1) is 10.2 Å². The molecule has 3 rings (SSSR count). The Morgan fingerprint density at radius 3 is 2.91 bits per heavy atom. The lowest BCUT2D eigenvalue weighted by atomic mass is 10.1. The van der Waals surface area contributed by atoms with E-state index in [1.807, 2.05) is 20.9 Å². The Balaban J connectivity index is 1.78. The van der Waals surface area contributed by atoms with Crippen LogP contribution in [0.15, 0.2) is 0 Å². The van der Waals surface area contributed by atoms with Gasteiger partial charge < -0.3 is 4.74 Å². The first-order valence-electron chi connectivity index (χ1n) is 7.48. The lowest BCUT2D eigenvalue weighted by Gasteiger charge is -2.23. The number of nitrogens with zero attached hydrogens (tertiary/aromatic N) is 5. The summed E-state index contributed by atoms with van der Waals surface area (Å²) in [5.74, 6) is 0. The highest BCUT2D eigenvalue weighted by atomic mass is 35.5. The molecule has 0 aliphatic carbocycles. The third kappa shape index (κ3) is 2.98. The summed E-state index contributed by atoms with van der Waals surface area (Å²) in [4.78, 5) is 2.41. The maximum absolute atomic E-state index is 6.44. The SMILES string of the molecule is CCOc1nnc(CN2CCC[C@@H]2c2c(C)nn(C)c2Cl)s1. The molecule has 2 aromatic heterocycles. The molecule has 0 aromatic carbocycles. The predicted molar refractivity (Wildman–Crippen MR) is 86.4 cm³/mol. The van der Waals surface area contributed by atoms with Crippen molar-refractivity contribution in [2.75, 3.05) is 13.2 Å². The fourth-order valence-electron chi connectivity index (χ4n) is 3.02. The maximum Gasteiger partial charge on any atom is 0.294 e. The Hall–Kier alpha value is -1.18. The zero-order valence-electron chi connectivity index (χ0n) is 13.0. The fraction of sp³-hybridized carbons (Fsp3) is 0.643. The number of hydrogen-bond donors (Lipinski definition) is 0. The molecule has 0 spiro atoms. The Kier molecular flexibility index (Phi) is 4.65. The summed E-state index contributed by atoms with van der Waals surface area (Å²) in [6.07, 6.45) is 2.26. The highest BCUT2D eigenvalue weighted by Gasteiger charge is 2.31. The summed E-state index contributed by atoms with van der Waals surface area (Å²) in [7, 11) is 1.89. The molecule has 120 valence electrons. The van der Waals surface area contributed by atoms with E-state index in [1.165, 1.54) is 11.3 Å². The maximum atomic E-state index is 6.44. The minimum Gasteiger partial charge on any atom is -0.469 e. The van der Waals surface area contributed by atoms with Crippen LogP contribution in [0, 0.1) is 6.92 Å². The first-order chi connectivity index (χ1) is 10.6. The second kappa shape index (κ2) is 6.52. The highest BCUT2D eigenvalue weighted by Crippen LogP contribution is 2.38. The van der Waals surface area contributed by atoms with Crippen molar-refractivity contribution >= 4 is 22.9 Å². The molecule has 1 aliphatic rings. The minimum absolute atomic E-state index is 0.306. The number of rotatable bonds is 5. The van der Waals surface area contributed by atoms with E-state index in [4.69, 9.17) is 16.3 Å². The van der Waals surface area contributed by atoms with E-state index < -0.39 is 0 Å². The number of halogens is 1. The molecular weight excluding hydrogens is 322 g/mol. The van der Waals surface area contributed by atoms with Crippen molar-refractivity contribution in [3.05, 3.63) is 21.4 Å². The van der Waals surface area contributed by atoms with Crippen molar-refractivity contribution in [2.45, 2.75) is 39.3 Å². The van der Waals surface area contributed by atoms with Crippen LogP contribution >= 0.6 is 22.9 Å². The first kappa shape index (κ1) is 15.7. The summed E-state index contributed by atoms with van der Waals surface area (Å²) in [5.41, 5.74) is 2.16. The molecule has 1 fully saturated rings. The lowest BCUT2D eigenvalue weighted by molar-refractivity contribution is 0.247. The Morgan fingerprint density at radius 2 is 2.23 bits per heavy atom. The highest BCUT2D eigenvalue weighted by molar-refractivity contribution is 7.13. The first-order valence-corrected chi connectivity index (χ1v) is 8.67. The largest absolute Gasteiger partial charge is 0.469 e. The van der Waals surface area contributed by atoms with Gasteiger partial charge in [0.1, 0.15) is 10.2 Å².